The van der Waals surface area contributed by atoms with Gasteiger partial charge in [0.1, 0.15) is 11.4 Å². The lowest BCUT2D eigenvalue weighted by molar-refractivity contribution is -0.00000317. The topological polar surface area (TPSA) is 21.6 Å². The van der Waals surface area contributed by atoms with Gasteiger partial charge in [-0.05, 0) is 25.1 Å². The van der Waals surface area contributed by atoms with Crippen LogP contribution >= 0.6 is 11.8 Å². The number of ether oxygens (including phenoxy) is 1. The third-order valence-electron chi connectivity index (χ3n) is 1.67. The first-order valence-electron chi connectivity index (χ1n) is 4.13. The molecule has 1 aliphatic heterocycles. The van der Waals surface area contributed by atoms with Crippen molar-refractivity contribution in [1.29, 1.82) is 0 Å². The van der Waals surface area contributed by atoms with E-state index in [0.717, 1.165) is 23.1 Å². The number of hydrogen-bond acceptors (Lipinski definition) is 3. The highest BCUT2D eigenvalue weighted by Crippen LogP contribution is 2.35. The van der Waals surface area contributed by atoms with Gasteiger partial charge in [0.15, 0.2) is 0 Å². The molecular weight excluding hydrogens is 238 g/mol. The number of halogens is 1. The fourth-order valence-corrected chi connectivity index (χ4v) is 2.87. The Morgan fingerprint density at radius 1 is 1.57 bits per heavy atom. The highest BCUT2D eigenvalue weighted by Gasteiger charge is 2.15. The highest BCUT2D eigenvalue weighted by molar-refractivity contribution is 8.07. The minimum Gasteiger partial charge on any atom is -1.00 e. The molecule has 0 saturated heterocycles. The van der Waals surface area contributed by atoms with E-state index >= 15 is 0 Å². The maximum Gasteiger partial charge on any atom is 0.328 e. The summed E-state index contributed by atoms with van der Waals surface area (Å²) in [4.78, 5) is 1.23. The molecule has 0 aromatic heterocycles. The zero-order valence-corrected chi connectivity index (χ0v) is 10.1. The molecule has 1 aromatic carbocycles. The van der Waals surface area contributed by atoms with Gasteiger partial charge in [0.25, 0.3) is 5.08 Å². The average Bonchev–Trinajstić information content (AvgIpc) is 2.18. The van der Waals surface area contributed by atoms with E-state index in [9.17, 15) is 0 Å². The number of hydrogen-bond donors (Lipinski definition) is 0. The predicted molar refractivity (Wildman–Crippen MR) is 57.8 cm³/mol. The van der Waals surface area contributed by atoms with Crippen LogP contribution in [0.15, 0.2) is 27.5 Å². The second-order valence-corrected chi connectivity index (χ2v) is 4.66. The van der Waals surface area contributed by atoms with E-state index in [-0.39, 0.29) is 12.4 Å². The first-order valence-corrected chi connectivity index (χ1v) is 6.05. The number of nitrogens with zero attached hydrogens (tertiary/aromatic N) is 1. The lowest BCUT2D eigenvalue weighted by Gasteiger charge is -2.06. The van der Waals surface area contributed by atoms with Gasteiger partial charge in [0.05, 0.1) is 6.61 Å². The molecule has 76 valence electrons. The van der Waals surface area contributed by atoms with Crippen LogP contribution in [0.3, 0.4) is 0 Å². The number of fused-ring (bicyclic) bond motifs is 1. The molecule has 0 N–H and O–H groups in total. The Morgan fingerprint density at radius 2 is 2.43 bits per heavy atom. The molecule has 0 atom stereocenters. The van der Waals surface area contributed by atoms with Gasteiger partial charge in [0, 0.05) is 9.26 Å². The van der Waals surface area contributed by atoms with Crippen molar-refractivity contribution in [2.45, 2.75) is 11.8 Å². The predicted octanol–water partition coefficient (Wildman–Crippen LogP) is 0.0502. The first-order chi connectivity index (χ1) is 6.40. The Hall–Kier alpha value is -0.320. The first kappa shape index (κ1) is 11.8. The van der Waals surface area contributed by atoms with Crippen molar-refractivity contribution in [3.63, 3.8) is 0 Å². The van der Waals surface area contributed by atoms with Gasteiger partial charge < -0.3 is 17.1 Å². The third-order valence-corrected chi connectivity index (χ3v) is 3.53. The van der Waals surface area contributed by atoms with Crippen LogP contribution in [-0.4, -0.2) is 11.7 Å². The zero-order valence-electron chi connectivity index (χ0n) is 7.70. The van der Waals surface area contributed by atoms with Gasteiger partial charge in [-0.3, -0.25) is 0 Å². The standard InChI is InChI=1S/C9H10NOS2.ClH/c1-2-11-7-3-4-8-9(5-7)12-6-13-10-8;/h3-5H,2,6H2,1H3;1H/q+1;/p-1. The molecule has 14 heavy (non-hydrogen) atoms. The van der Waals surface area contributed by atoms with E-state index in [4.69, 9.17) is 4.74 Å². The van der Waals surface area contributed by atoms with Crippen molar-refractivity contribution in [2.75, 3.05) is 11.7 Å². The highest BCUT2D eigenvalue weighted by atomic mass is 35.5. The molecule has 0 radical (unpaired) electrons. The molecule has 1 aromatic rings. The smallest absolute Gasteiger partial charge is 0.328 e. The normalized spacial score (nSPS) is 12.9. The van der Waals surface area contributed by atoms with Crippen molar-refractivity contribution in [3.05, 3.63) is 18.2 Å². The Morgan fingerprint density at radius 3 is 3.21 bits per heavy atom. The van der Waals surface area contributed by atoms with Gasteiger partial charge in [-0.2, -0.15) is 0 Å². The SMILES string of the molecule is CCOc1ccc2c(c1)SC[S+]=N2.[Cl-]. The minimum absolute atomic E-state index is 0. The fraction of sp³-hybridized carbons (Fsp3) is 0.333. The average molecular weight is 248 g/mol. The maximum atomic E-state index is 5.41. The van der Waals surface area contributed by atoms with Crippen LogP contribution in [0.4, 0.5) is 5.69 Å². The second-order valence-electron chi connectivity index (χ2n) is 2.55. The van der Waals surface area contributed by atoms with Crippen molar-refractivity contribution in [3.8, 4) is 5.75 Å². The summed E-state index contributed by atoms with van der Waals surface area (Å²) in [6, 6.07) is 6.05. The lowest BCUT2D eigenvalue weighted by Crippen LogP contribution is -3.00. The summed E-state index contributed by atoms with van der Waals surface area (Å²) >= 11 is 3.42. The lowest BCUT2D eigenvalue weighted by atomic mass is 10.3. The summed E-state index contributed by atoms with van der Waals surface area (Å²) in [5, 5.41) is 1.00. The Bertz CT molecular complexity index is 344. The zero-order chi connectivity index (χ0) is 9.10. The molecule has 0 saturated carbocycles. The Balaban J connectivity index is 0.000000980. The quantitative estimate of drug-likeness (QED) is 0.689. The van der Waals surface area contributed by atoms with Crippen molar-refractivity contribution >= 4 is 29.0 Å². The summed E-state index contributed by atoms with van der Waals surface area (Å²) in [5.41, 5.74) is 1.07. The molecule has 0 unspecified atom stereocenters. The van der Waals surface area contributed by atoms with Crippen LogP contribution in [-0.2, 0) is 11.6 Å². The van der Waals surface area contributed by atoms with Crippen LogP contribution in [0.2, 0.25) is 0 Å². The molecule has 1 heterocycles. The molecule has 0 fully saturated rings. The van der Waals surface area contributed by atoms with Crippen molar-refractivity contribution in [2.24, 2.45) is 4.36 Å². The van der Waals surface area contributed by atoms with E-state index in [1.54, 1.807) is 11.6 Å². The van der Waals surface area contributed by atoms with E-state index in [1.165, 1.54) is 4.90 Å². The molecule has 5 heteroatoms. The number of benzene rings is 1. The molecular formula is C9H10ClNOS2. The third kappa shape index (κ3) is 2.59. The molecule has 2 rings (SSSR count). The summed E-state index contributed by atoms with van der Waals surface area (Å²) in [6.07, 6.45) is 0. The van der Waals surface area contributed by atoms with Crippen LogP contribution in [0.1, 0.15) is 6.92 Å². The molecule has 2 nitrogen and oxygen atoms in total. The van der Waals surface area contributed by atoms with Gasteiger partial charge in [-0.25, -0.2) is 0 Å². The van der Waals surface area contributed by atoms with E-state index in [0.29, 0.717) is 0 Å². The molecule has 1 aliphatic rings. The largest absolute Gasteiger partial charge is 1.00 e. The molecule has 0 aliphatic carbocycles. The van der Waals surface area contributed by atoms with Crippen LogP contribution in [0.25, 0.3) is 0 Å². The van der Waals surface area contributed by atoms with E-state index in [1.807, 2.05) is 30.8 Å². The molecule has 0 bridgehead atoms. The van der Waals surface area contributed by atoms with Gasteiger partial charge >= 0.3 is 11.6 Å². The van der Waals surface area contributed by atoms with Gasteiger partial charge in [-0.1, -0.05) is 11.8 Å². The van der Waals surface area contributed by atoms with E-state index in [2.05, 4.69) is 10.4 Å². The van der Waals surface area contributed by atoms with E-state index < -0.39 is 0 Å². The summed E-state index contributed by atoms with van der Waals surface area (Å²) in [7, 11) is 0. The Kier molecular flexibility index (Phi) is 4.65. The number of rotatable bonds is 2. The van der Waals surface area contributed by atoms with Gasteiger partial charge in [0.2, 0.25) is 0 Å². The van der Waals surface area contributed by atoms with Crippen LogP contribution in [0.5, 0.6) is 5.75 Å². The summed E-state index contributed by atoms with van der Waals surface area (Å²) in [5.74, 6) is 0.941. The minimum atomic E-state index is 0. The van der Waals surface area contributed by atoms with Crippen LogP contribution < -0.4 is 17.1 Å². The summed E-state index contributed by atoms with van der Waals surface area (Å²) < 4.78 is 9.74. The Labute approximate surface area is 98.0 Å². The van der Waals surface area contributed by atoms with Gasteiger partial charge in [-0.15, -0.1) is 0 Å². The second kappa shape index (κ2) is 5.53. The van der Waals surface area contributed by atoms with Crippen molar-refractivity contribution < 1.29 is 17.1 Å². The molecule has 0 amide bonds. The van der Waals surface area contributed by atoms with Crippen molar-refractivity contribution in [1.82, 2.24) is 0 Å². The number of thioether (sulfide) groups is 1. The molecule has 0 spiro atoms. The van der Waals surface area contributed by atoms with Crippen LogP contribution in [0, 0.1) is 0 Å². The summed E-state index contributed by atoms with van der Waals surface area (Å²) in [6.45, 7) is 2.71. The monoisotopic (exact) mass is 247 g/mol. The maximum absolute atomic E-state index is 5.41. The fourth-order valence-electron chi connectivity index (χ4n) is 1.13.